The second kappa shape index (κ2) is 3.67. The first-order chi connectivity index (χ1) is 5.86. The molecule has 0 aromatic heterocycles. The van der Waals surface area contributed by atoms with Crippen LogP contribution in [0, 0.1) is 0 Å². The molecule has 2 aliphatic rings. The molecule has 2 heteroatoms. The highest BCUT2D eigenvalue weighted by molar-refractivity contribution is 8.22. The number of allylic oxidation sites excluding steroid dienone is 2. The van der Waals surface area contributed by atoms with Gasteiger partial charge in [-0.25, -0.2) is 10.9 Å². The van der Waals surface area contributed by atoms with Gasteiger partial charge in [0.15, 0.2) is 0 Å². The van der Waals surface area contributed by atoms with Crippen molar-refractivity contribution in [2.45, 2.75) is 37.0 Å². The smallest absolute Gasteiger partial charge is 0.00396 e. The summed E-state index contributed by atoms with van der Waals surface area (Å²) < 4.78 is 0. The second-order valence-electron chi connectivity index (χ2n) is 3.70. The van der Waals surface area contributed by atoms with E-state index in [1.165, 1.54) is 25.7 Å². The molecule has 1 saturated carbocycles. The first-order valence-corrected chi connectivity index (χ1v) is 6.29. The van der Waals surface area contributed by atoms with Crippen LogP contribution < -0.4 is 5.73 Å². The van der Waals surface area contributed by atoms with Gasteiger partial charge in [-0.05, 0) is 41.7 Å². The van der Waals surface area contributed by atoms with E-state index < -0.39 is 0 Å². The predicted octanol–water partition coefficient (Wildman–Crippen LogP) is 2.30. The zero-order valence-corrected chi connectivity index (χ0v) is 8.21. The minimum Gasteiger partial charge on any atom is -0.328 e. The third-order valence-electron chi connectivity index (χ3n) is 2.79. The largest absolute Gasteiger partial charge is 0.328 e. The van der Waals surface area contributed by atoms with E-state index in [-0.39, 0.29) is 10.9 Å². The average Bonchev–Trinajstić information content (AvgIpc) is 2.58. The molecule has 2 rings (SSSR count). The molecule has 1 nitrogen and oxygen atoms in total. The Balaban J connectivity index is 1.89. The van der Waals surface area contributed by atoms with E-state index in [0.717, 1.165) is 5.25 Å². The first kappa shape index (κ1) is 8.39. The summed E-state index contributed by atoms with van der Waals surface area (Å²) in [7, 11) is 0.101. The lowest BCUT2D eigenvalue weighted by Crippen LogP contribution is -2.28. The van der Waals surface area contributed by atoms with Gasteiger partial charge in [-0.2, -0.15) is 0 Å². The van der Waals surface area contributed by atoms with Crippen molar-refractivity contribution in [3.63, 3.8) is 0 Å². The monoisotopic (exact) mass is 183 g/mol. The molecule has 0 atom stereocenters. The summed E-state index contributed by atoms with van der Waals surface area (Å²) in [5.74, 6) is 0. The van der Waals surface area contributed by atoms with Gasteiger partial charge in [0.1, 0.15) is 0 Å². The fourth-order valence-corrected chi connectivity index (χ4v) is 4.07. The number of hydrogen-bond acceptors (Lipinski definition) is 1. The normalized spacial score (nSPS) is 37.6. The molecule has 1 heterocycles. The van der Waals surface area contributed by atoms with E-state index in [1.807, 2.05) is 0 Å². The highest BCUT2D eigenvalue weighted by Gasteiger charge is 2.21. The van der Waals surface area contributed by atoms with Crippen molar-refractivity contribution in [2.24, 2.45) is 5.73 Å². The van der Waals surface area contributed by atoms with Gasteiger partial charge in [-0.15, -0.1) is 0 Å². The molecule has 12 heavy (non-hydrogen) atoms. The van der Waals surface area contributed by atoms with Gasteiger partial charge in [-0.1, -0.05) is 12.2 Å². The minimum atomic E-state index is 0.101. The van der Waals surface area contributed by atoms with E-state index in [1.54, 1.807) is 0 Å². The van der Waals surface area contributed by atoms with Crippen LogP contribution in [0.1, 0.15) is 25.7 Å². The van der Waals surface area contributed by atoms with Crippen LogP contribution in [0.2, 0.25) is 0 Å². The minimum absolute atomic E-state index is 0.101. The molecule has 0 radical (unpaired) electrons. The quantitative estimate of drug-likeness (QED) is 0.599. The molecule has 0 bridgehead atoms. The van der Waals surface area contributed by atoms with Crippen LogP contribution in [-0.4, -0.2) is 11.3 Å². The summed E-state index contributed by atoms with van der Waals surface area (Å²) in [6.07, 6.45) is 9.57. The molecule has 1 aliphatic carbocycles. The molecular weight excluding hydrogens is 166 g/mol. The predicted molar refractivity (Wildman–Crippen MR) is 57.5 cm³/mol. The summed E-state index contributed by atoms with van der Waals surface area (Å²) in [4.78, 5) is 0. The van der Waals surface area contributed by atoms with Crippen molar-refractivity contribution in [3.8, 4) is 0 Å². The summed E-state index contributed by atoms with van der Waals surface area (Å²) in [6, 6.07) is 0.492. The third-order valence-corrected chi connectivity index (χ3v) is 5.18. The van der Waals surface area contributed by atoms with E-state index in [4.69, 9.17) is 5.73 Å². The Morgan fingerprint density at radius 3 is 2.17 bits per heavy atom. The van der Waals surface area contributed by atoms with Gasteiger partial charge in [-0.3, -0.25) is 0 Å². The molecule has 1 aliphatic heterocycles. The summed E-state index contributed by atoms with van der Waals surface area (Å²) in [5.41, 5.74) is 5.87. The molecule has 0 unspecified atom stereocenters. The Hall–Kier alpha value is -0.210. The van der Waals surface area contributed by atoms with Gasteiger partial charge in [0, 0.05) is 6.04 Å². The lowest BCUT2D eigenvalue weighted by Gasteiger charge is -2.30. The number of thiol groups is 1. The van der Waals surface area contributed by atoms with Crippen molar-refractivity contribution in [2.75, 3.05) is 0 Å². The Morgan fingerprint density at radius 1 is 1.00 bits per heavy atom. The standard InChI is InChI=1S/C10H17NS/c11-9-3-5-10(6-4-9)12-7-1-2-8-12/h1-2,7-10,12H,3-6,11H2. The molecular formula is C10H17NS. The lowest BCUT2D eigenvalue weighted by molar-refractivity contribution is 0.450. The highest BCUT2D eigenvalue weighted by Crippen LogP contribution is 2.44. The number of hydrogen-bond donors (Lipinski definition) is 2. The van der Waals surface area contributed by atoms with Gasteiger partial charge in [0.2, 0.25) is 0 Å². The van der Waals surface area contributed by atoms with Crippen molar-refractivity contribution in [3.05, 3.63) is 23.0 Å². The zero-order valence-electron chi connectivity index (χ0n) is 7.32. The van der Waals surface area contributed by atoms with E-state index in [9.17, 15) is 0 Å². The van der Waals surface area contributed by atoms with Crippen molar-refractivity contribution < 1.29 is 0 Å². The fourth-order valence-electron chi connectivity index (χ4n) is 1.99. The Morgan fingerprint density at radius 2 is 1.58 bits per heavy atom. The Bertz CT molecular complexity index is 190. The first-order valence-electron chi connectivity index (χ1n) is 4.74. The molecule has 0 spiro atoms. The Kier molecular flexibility index (Phi) is 2.57. The van der Waals surface area contributed by atoms with E-state index in [0.29, 0.717) is 6.04 Å². The maximum atomic E-state index is 5.87. The summed E-state index contributed by atoms with van der Waals surface area (Å²) in [5, 5.41) is 5.71. The van der Waals surface area contributed by atoms with E-state index in [2.05, 4.69) is 23.0 Å². The van der Waals surface area contributed by atoms with Crippen LogP contribution in [0.25, 0.3) is 0 Å². The molecule has 2 N–H and O–H groups in total. The van der Waals surface area contributed by atoms with Crippen molar-refractivity contribution in [1.82, 2.24) is 0 Å². The zero-order chi connectivity index (χ0) is 8.39. The topological polar surface area (TPSA) is 26.0 Å². The van der Waals surface area contributed by atoms with Crippen LogP contribution in [0.15, 0.2) is 23.0 Å². The van der Waals surface area contributed by atoms with Gasteiger partial charge >= 0.3 is 0 Å². The maximum Gasteiger partial charge on any atom is 0.00396 e. The third kappa shape index (κ3) is 1.75. The molecule has 0 aromatic rings. The van der Waals surface area contributed by atoms with Crippen LogP contribution in [0.3, 0.4) is 0 Å². The van der Waals surface area contributed by atoms with Gasteiger partial charge < -0.3 is 5.73 Å². The fraction of sp³-hybridized carbons (Fsp3) is 0.600. The van der Waals surface area contributed by atoms with E-state index >= 15 is 0 Å². The summed E-state index contributed by atoms with van der Waals surface area (Å²) in [6.45, 7) is 0. The maximum absolute atomic E-state index is 5.87. The highest BCUT2D eigenvalue weighted by atomic mass is 32.2. The van der Waals surface area contributed by atoms with Crippen LogP contribution >= 0.6 is 10.9 Å². The van der Waals surface area contributed by atoms with Gasteiger partial charge in [0.05, 0.1) is 0 Å². The SMILES string of the molecule is NC1CCC([SH]2C=CC=C2)CC1. The van der Waals surface area contributed by atoms with Crippen molar-refractivity contribution >= 4 is 10.9 Å². The summed E-state index contributed by atoms with van der Waals surface area (Å²) >= 11 is 0. The Labute approximate surface area is 77.1 Å². The molecule has 0 amide bonds. The lowest BCUT2D eigenvalue weighted by atomic mass is 9.96. The van der Waals surface area contributed by atoms with Crippen LogP contribution in [0.4, 0.5) is 0 Å². The molecule has 68 valence electrons. The van der Waals surface area contributed by atoms with Crippen molar-refractivity contribution in [1.29, 1.82) is 0 Å². The molecule has 0 saturated heterocycles. The average molecular weight is 183 g/mol. The molecule has 0 aromatic carbocycles. The van der Waals surface area contributed by atoms with Crippen LogP contribution in [-0.2, 0) is 0 Å². The van der Waals surface area contributed by atoms with Gasteiger partial charge in [0.25, 0.3) is 0 Å². The number of nitrogens with two attached hydrogens (primary N) is 1. The number of rotatable bonds is 1. The second-order valence-corrected chi connectivity index (χ2v) is 5.92. The van der Waals surface area contributed by atoms with Crippen LogP contribution in [0.5, 0.6) is 0 Å². The molecule has 1 fully saturated rings.